The van der Waals surface area contributed by atoms with Crippen LogP contribution in [0.1, 0.15) is 37.8 Å². The van der Waals surface area contributed by atoms with Crippen molar-refractivity contribution >= 4 is 0 Å². The molecule has 0 aromatic heterocycles. The van der Waals surface area contributed by atoms with Crippen molar-refractivity contribution in [2.45, 2.75) is 33.6 Å². The summed E-state index contributed by atoms with van der Waals surface area (Å²) in [4.78, 5) is 0. The number of phenolic OH excluding ortho intramolecular Hbond substituents is 1. The lowest BCUT2D eigenvalue weighted by atomic mass is 9.99. The summed E-state index contributed by atoms with van der Waals surface area (Å²) in [6, 6.07) is 3.42. The van der Waals surface area contributed by atoms with Crippen LogP contribution in [0.5, 0.6) is 11.5 Å². The van der Waals surface area contributed by atoms with Crippen LogP contribution < -0.4 is 4.74 Å². The number of aromatic hydroxyl groups is 1. The molecule has 0 radical (unpaired) electrons. The monoisotopic (exact) mass is 226 g/mol. The van der Waals surface area contributed by atoms with Crippen LogP contribution in [-0.2, 0) is 0 Å². The van der Waals surface area contributed by atoms with Crippen LogP contribution in [0, 0.1) is 6.92 Å². The van der Waals surface area contributed by atoms with Gasteiger partial charge in [-0.3, -0.25) is 0 Å². The maximum atomic E-state index is 9.65. The van der Waals surface area contributed by atoms with E-state index in [2.05, 4.69) is 0 Å². The number of aliphatic hydroxyl groups excluding tert-OH is 1. The lowest BCUT2D eigenvalue weighted by Crippen LogP contribution is -2.00. The molecule has 2 N–H and O–H groups in total. The number of phenols is 1. The molecule has 0 spiro atoms. The molecule has 0 fully saturated rings. The van der Waals surface area contributed by atoms with E-state index in [0.29, 0.717) is 0 Å². The summed E-state index contributed by atoms with van der Waals surface area (Å²) in [7, 11) is 1.59. The molecule has 0 aliphatic rings. The Hall–Kier alpha value is -1.22. The average molecular weight is 226 g/mol. The Labute approximate surface area is 97.7 Å². The summed E-state index contributed by atoms with van der Waals surface area (Å²) in [6.07, 6.45) is 0. The predicted octanol–water partition coefficient (Wildman–Crippen LogP) is 2.83. The largest absolute Gasteiger partial charge is 0.508 e. The Kier molecular flexibility index (Phi) is 6.58. The maximum absolute atomic E-state index is 9.65. The third-order valence-corrected chi connectivity index (χ3v) is 2.35. The van der Waals surface area contributed by atoms with Gasteiger partial charge in [-0.1, -0.05) is 20.8 Å². The highest BCUT2D eigenvalue weighted by Crippen LogP contribution is 2.32. The van der Waals surface area contributed by atoms with Gasteiger partial charge in [-0.25, -0.2) is 0 Å². The number of aryl methyl sites for hydroxylation is 1. The van der Waals surface area contributed by atoms with E-state index in [1.807, 2.05) is 27.7 Å². The van der Waals surface area contributed by atoms with Gasteiger partial charge in [0.15, 0.2) is 0 Å². The summed E-state index contributed by atoms with van der Waals surface area (Å²) in [5.74, 6) is 0.868. The fourth-order valence-electron chi connectivity index (χ4n) is 1.40. The van der Waals surface area contributed by atoms with Crippen molar-refractivity contribution in [1.29, 1.82) is 0 Å². The van der Waals surface area contributed by atoms with Crippen LogP contribution in [-0.4, -0.2) is 23.9 Å². The van der Waals surface area contributed by atoms with E-state index in [9.17, 15) is 5.11 Å². The molecule has 1 rings (SSSR count). The highest BCUT2D eigenvalue weighted by atomic mass is 16.5. The minimum absolute atomic E-state index is 0.0137. The Morgan fingerprint density at radius 2 is 1.88 bits per heavy atom. The van der Waals surface area contributed by atoms with Crippen LogP contribution in [0.25, 0.3) is 0 Å². The number of rotatable bonds is 3. The second-order valence-corrected chi connectivity index (χ2v) is 3.46. The van der Waals surface area contributed by atoms with E-state index in [1.54, 1.807) is 19.2 Å². The van der Waals surface area contributed by atoms with Crippen molar-refractivity contribution in [1.82, 2.24) is 0 Å². The molecular formula is C13H22O3. The Morgan fingerprint density at radius 1 is 1.31 bits per heavy atom. The summed E-state index contributed by atoms with van der Waals surface area (Å²) >= 11 is 0. The SMILES string of the molecule is CC.COc1cc(C(C)CO)c(O)cc1C. The van der Waals surface area contributed by atoms with Crippen LogP contribution in [0.2, 0.25) is 0 Å². The van der Waals surface area contributed by atoms with Gasteiger partial charge in [-0.05, 0) is 24.6 Å². The number of ether oxygens (including phenoxy) is 1. The van der Waals surface area contributed by atoms with Gasteiger partial charge < -0.3 is 14.9 Å². The van der Waals surface area contributed by atoms with E-state index in [1.165, 1.54) is 0 Å². The number of aliphatic hydroxyl groups is 1. The highest BCUT2D eigenvalue weighted by Gasteiger charge is 2.12. The van der Waals surface area contributed by atoms with E-state index in [-0.39, 0.29) is 18.3 Å². The first-order valence-electron chi connectivity index (χ1n) is 5.58. The molecule has 0 saturated carbocycles. The molecule has 16 heavy (non-hydrogen) atoms. The summed E-state index contributed by atoms with van der Waals surface area (Å²) in [5, 5.41) is 18.6. The molecule has 1 unspecified atom stereocenters. The van der Waals surface area contributed by atoms with Crippen LogP contribution in [0.15, 0.2) is 12.1 Å². The zero-order chi connectivity index (χ0) is 12.7. The average Bonchev–Trinajstić information content (AvgIpc) is 2.31. The summed E-state index contributed by atoms with van der Waals surface area (Å²) in [5.41, 5.74) is 1.61. The van der Waals surface area contributed by atoms with Gasteiger partial charge in [0, 0.05) is 18.1 Å². The van der Waals surface area contributed by atoms with Gasteiger partial charge in [-0.15, -0.1) is 0 Å². The fraction of sp³-hybridized carbons (Fsp3) is 0.538. The van der Waals surface area contributed by atoms with Crippen LogP contribution >= 0.6 is 0 Å². The van der Waals surface area contributed by atoms with E-state index in [0.717, 1.165) is 16.9 Å². The number of hydrogen-bond donors (Lipinski definition) is 2. The Morgan fingerprint density at radius 3 is 2.31 bits per heavy atom. The van der Waals surface area contributed by atoms with Crippen LogP contribution in [0.3, 0.4) is 0 Å². The molecule has 0 bridgehead atoms. The molecule has 0 saturated heterocycles. The first-order chi connectivity index (χ1) is 7.60. The molecule has 92 valence electrons. The molecule has 3 nitrogen and oxygen atoms in total. The Balaban J connectivity index is 0.00000106. The van der Waals surface area contributed by atoms with E-state index >= 15 is 0 Å². The zero-order valence-corrected chi connectivity index (χ0v) is 10.7. The number of hydrogen-bond acceptors (Lipinski definition) is 3. The van der Waals surface area contributed by atoms with Crippen molar-refractivity contribution in [3.63, 3.8) is 0 Å². The van der Waals surface area contributed by atoms with Gasteiger partial charge in [0.25, 0.3) is 0 Å². The van der Waals surface area contributed by atoms with Gasteiger partial charge in [-0.2, -0.15) is 0 Å². The standard InChI is InChI=1S/C11H16O3.C2H6/c1-7-4-10(13)9(8(2)6-12)5-11(7)14-3;1-2/h4-5,8,12-13H,6H2,1-3H3;1-2H3. The van der Waals surface area contributed by atoms with E-state index in [4.69, 9.17) is 9.84 Å². The molecule has 0 aliphatic heterocycles. The number of benzene rings is 1. The molecular weight excluding hydrogens is 204 g/mol. The zero-order valence-electron chi connectivity index (χ0n) is 10.7. The van der Waals surface area contributed by atoms with Gasteiger partial charge in [0.05, 0.1) is 7.11 Å². The predicted molar refractivity (Wildman–Crippen MR) is 66.2 cm³/mol. The molecule has 1 aromatic carbocycles. The van der Waals surface area contributed by atoms with Crippen molar-refractivity contribution in [3.05, 3.63) is 23.3 Å². The molecule has 1 aromatic rings. The van der Waals surface area contributed by atoms with Crippen molar-refractivity contribution in [2.24, 2.45) is 0 Å². The first kappa shape index (κ1) is 14.8. The topological polar surface area (TPSA) is 49.7 Å². The lowest BCUT2D eigenvalue weighted by Gasteiger charge is -2.13. The second kappa shape index (κ2) is 7.12. The van der Waals surface area contributed by atoms with Gasteiger partial charge in [0.2, 0.25) is 0 Å². The summed E-state index contributed by atoms with van der Waals surface area (Å²) < 4.78 is 5.14. The van der Waals surface area contributed by atoms with Gasteiger partial charge in [0.1, 0.15) is 11.5 Å². The second-order valence-electron chi connectivity index (χ2n) is 3.46. The molecule has 1 atom stereocenters. The van der Waals surface area contributed by atoms with Crippen LogP contribution in [0.4, 0.5) is 0 Å². The highest BCUT2D eigenvalue weighted by molar-refractivity contribution is 5.46. The number of methoxy groups -OCH3 is 1. The van der Waals surface area contributed by atoms with Gasteiger partial charge >= 0.3 is 0 Å². The van der Waals surface area contributed by atoms with E-state index < -0.39 is 0 Å². The quantitative estimate of drug-likeness (QED) is 0.833. The maximum Gasteiger partial charge on any atom is 0.122 e. The third kappa shape index (κ3) is 3.42. The normalized spacial score (nSPS) is 11.4. The fourth-order valence-corrected chi connectivity index (χ4v) is 1.40. The molecule has 0 amide bonds. The Bertz CT molecular complexity index is 321. The van der Waals surface area contributed by atoms with Crippen molar-refractivity contribution in [3.8, 4) is 11.5 Å². The minimum atomic E-state index is -0.0792. The minimum Gasteiger partial charge on any atom is -0.508 e. The molecule has 3 heteroatoms. The molecule has 0 aliphatic carbocycles. The smallest absolute Gasteiger partial charge is 0.122 e. The summed E-state index contributed by atoms with van der Waals surface area (Å²) in [6.45, 7) is 7.73. The van der Waals surface area contributed by atoms with Crippen molar-refractivity contribution in [2.75, 3.05) is 13.7 Å². The third-order valence-electron chi connectivity index (χ3n) is 2.35. The first-order valence-corrected chi connectivity index (χ1v) is 5.58. The molecule has 0 heterocycles. The van der Waals surface area contributed by atoms with Crippen molar-refractivity contribution < 1.29 is 14.9 Å². The lowest BCUT2D eigenvalue weighted by molar-refractivity contribution is 0.270.